The average molecular weight is 233 g/mol. The summed E-state index contributed by atoms with van der Waals surface area (Å²) in [7, 11) is 0. The monoisotopic (exact) mass is 233 g/mol. The Balaban J connectivity index is 0.000000686. The van der Waals surface area contributed by atoms with Crippen LogP contribution in [0.4, 0.5) is 0 Å². The van der Waals surface area contributed by atoms with Crippen LogP contribution in [-0.4, -0.2) is 5.91 Å². The molecule has 1 aromatic carbocycles. The molecule has 2 heteroatoms. The largest absolute Gasteiger partial charge is 0.366 e. The third-order valence-corrected chi connectivity index (χ3v) is 3.34. The number of hydrogen-bond donors (Lipinski definition) is 1. The lowest BCUT2D eigenvalue weighted by Crippen LogP contribution is -2.18. The van der Waals surface area contributed by atoms with Crippen molar-refractivity contribution in [3.8, 4) is 0 Å². The first-order chi connectivity index (χ1) is 8.22. The predicted molar refractivity (Wildman–Crippen MR) is 72.3 cm³/mol. The Bertz CT molecular complexity index is 381. The van der Waals surface area contributed by atoms with Gasteiger partial charge < -0.3 is 5.73 Å². The summed E-state index contributed by atoms with van der Waals surface area (Å²) in [6.45, 7) is 6.09. The van der Waals surface area contributed by atoms with Crippen molar-refractivity contribution in [1.29, 1.82) is 0 Å². The Hall–Kier alpha value is -1.31. The Kier molecular flexibility index (Phi) is 5.20. The van der Waals surface area contributed by atoms with E-state index in [1.54, 1.807) is 0 Å². The molecular weight excluding hydrogens is 210 g/mol. The Labute approximate surface area is 104 Å². The summed E-state index contributed by atoms with van der Waals surface area (Å²) in [5.74, 6) is 0.283. The number of aryl methyl sites for hydroxylation is 1. The van der Waals surface area contributed by atoms with Gasteiger partial charge >= 0.3 is 0 Å². The highest BCUT2D eigenvalue weighted by molar-refractivity contribution is 5.94. The fraction of sp³-hybridized carbons (Fsp3) is 0.533. The number of carbonyl (C=O) groups excluding carboxylic acids is 1. The van der Waals surface area contributed by atoms with E-state index in [1.807, 2.05) is 19.9 Å². The van der Waals surface area contributed by atoms with Crippen LogP contribution in [0.25, 0.3) is 0 Å². The lowest BCUT2D eigenvalue weighted by molar-refractivity contribution is 0.0998. The third kappa shape index (κ3) is 3.09. The summed E-state index contributed by atoms with van der Waals surface area (Å²) >= 11 is 0. The van der Waals surface area contributed by atoms with Gasteiger partial charge in [0.05, 0.1) is 0 Å². The highest BCUT2D eigenvalue weighted by Gasteiger charge is 2.23. The van der Waals surface area contributed by atoms with Gasteiger partial charge in [0.1, 0.15) is 0 Å². The molecule has 1 fully saturated rings. The molecule has 0 spiro atoms. The number of rotatable bonds is 3. The second-order valence-corrected chi connectivity index (χ2v) is 4.27. The quantitative estimate of drug-likeness (QED) is 0.851. The molecule has 2 N–H and O–H groups in total. The van der Waals surface area contributed by atoms with Gasteiger partial charge in [-0.3, -0.25) is 4.79 Å². The van der Waals surface area contributed by atoms with E-state index in [-0.39, 0.29) is 5.91 Å². The van der Waals surface area contributed by atoms with E-state index in [2.05, 4.69) is 19.1 Å². The Morgan fingerprint density at radius 3 is 2.41 bits per heavy atom. The maximum absolute atomic E-state index is 11.4. The normalized spacial score (nSPS) is 14.5. The topological polar surface area (TPSA) is 43.1 Å². The van der Waals surface area contributed by atoms with Crippen molar-refractivity contribution >= 4 is 5.91 Å². The Morgan fingerprint density at radius 2 is 2.00 bits per heavy atom. The van der Waals surface area contributed by atoms with Gasteiger partial charge in [0.15, 0.2) is 0 Å². The molecule has 0 saturated heterocycles. The molecule has 0 radical (unpaired) electrons. The second-order valence-electron chi connectivity index (χ2n) is 4.27. The molecule has 0 unspecified atom stereocenters. The van der Waals surface area contributed by atoms with E-state index >= 15 is 0 Å². The van der Waals surface area contributed by atoms with Gasteiger partial charge in [-0.1, -0.05) is 39.3 Å². The molecule has 1 aliphatic carbocycles. The average Bonchev–Trinajstić information content (AvgIpc) is 2.29. The van der Waals surface area contributed by atoms with Gasteiger partial charge in [-0.2, -0.15) is 0 Å². The molecule has 1 aromatic rings. The van der Waals surface area contributed by atoms with Gasteiger partial charge in [-0.05, 0) is 42.4 Å². The van der Waals surface area contributed by atoms with Crippen LogP contribution in [0.5, 0.6) is 0 Å². The number of primary amides is 1. The minimum absolute atomic E-state index is 0.285. The van der Waals surface area contributed by atoms with Crippen molar-refractivity contribution in [1.82, 2.24) is 0 Å². The van der Waals surface area contributed by atoms with Crippen molar-refractivity contribution in [3.05, 3.63) is 34.9 Å². The summed E-state index contributed by atoms with van der Waals surface area (Å²) < 4.78 is 0. The number of amides is 1. The number of hydrogen-bond acceptors (Lipinski definition) is 1. The molecule has 1 aliphatic rings. The minimum atomic E-state index is -0.285. The van der Waals surface area contributed by atoms with Crippen LogP contribution in [0.2, 0.25) is 0 Å². The van der Waals surface area contributed by atoms with Crippen LogP contribution in [0, 0.1) is 0 Å². The molecule has 0 heterocycles. The van der Waals surface area contributed by atoms with Crippen molar-refractivity contribution in [3.63, 3.8) is 0 Å². The minimum Gasteiger partial charge on any atom is -0.366 e. The van der Waals surface area contributed by atoms with Crippen molar-refractivity contribution in [2.24, 2.45) is 5.73 Å². The highest BCUT2D eigenvalue weighted by atomic mass is 16.1. The molecule has 2 rings (SSSR count). The SMILES string of the molecule is CC.CCc1ccc(C2CCC2)c(C(N)=O)c1. The van der Waals surface area contributed by atoms with Gasteiger partial charge in [-0.25, -0.2) is 0 Å². The van der Waals surface area contributed by atoms with Crippen LogP contribution in [0.15, 0.2) is 18.2 Å². The molecule has 0 aliphatic heterocycles. The van der Waals surface area contributed by atoms with Gasteiger partial charge in [0.25, 0.3) is 0 Å². The van der Waals surface area contributed by atoms with E-state index in [9.17, 15) is 4.79 Å². The standard InChI is InChI=1S/C13H17NO.C2H6/c1-2-9-6-7-11(10-4-3-5-10)12(8-9)13(14)15;1-2/h6-8,10H,2-5H2,1H3,(H2,14,15);1-2H3. The van der Waals surface area contributed by atoms with Crippen LogP contribution in [0.1, 0.15) is 67.4 Å². The van der Waals surface area contributed by atoms with Crippen LogP contribution in [0.3, 0.4) is 0 Å². The van der Waals surface area contributed by atoms with E-state index < -0.39 is 0 Å². The molecule has 94 valence electrons. The van der Waals surface area contributed by atoms with Gasteiger partial charge in [0, 0.05) is 5.56 Å². The van der Waals surface area contributed by atoms with Crippen LogP contribution < -0.4 is 5.73 Å². The van der Waals surface area contributed by atoms with E-state index in [0.717, 1.165) is 17.5 Å². The second kappa shape index (κ2) is 6.43. The lowest BCUT2D eigenvalue weighted by atomic mass is 9.77. The molecular formula is C15H23NO. The van der Waals surface area contributed by atoms with Crippen molar-refractivity contribution in [2.45, 2.75) is 52.4 Å². The molecule has 2 nitrogen and oxygen atoms in total. The zero-order valence-corrected chi connectivity index (χ0v) is 11.1. The highest BCUT2D eigenvalue weighted by Crippen LogP contribution is 2.38. The van der Waals surface area contributed by atoms with Crippen molar-refractivity contribution < 1.29 is 4.79 Å². The predicted octanol–water partition coefficient (Wildman–Crippen LogP) is 3.64. The zero-order valence-electron chi connectivity index (χ0n) is 11.1. The van der Waals surface area contributed by atoms with Crippen molar-refractivity contribution in [2.75, 3.05) is 0 Å². The third-order valence-electron chi connectivity index (χ3n) is 3.34. The number of nitrogens with two attached hydrogens (primary N) is 1. The fourth-order valence-electron chi connectivity index (χ4n) is 2.11. The van der Waals surface area contributed by atoms with E-state index in [4.69, 9.17) is 5.73 Å². The molecule has 0 aromatic heterocycles. The summed E-state index contributed by atoms with van der Waals surface area (Å²) in [6, 6.07) is 6.15. The zero-order chi connectivity index (χ0) is 12.8. The Morgan fingerprint density at radius 1 is 1.35 bits per heavy atom. The van der Waals surface area contributed by atoms with Crippen LogP contribution in [-0.2, 0) is 6.42 Å². The van der Waals surface area contributed by atoms with Gasteiger partial charge in [0.2, 0.25) is 5.91 Å². The maximum atomic E-state index is 11.4. The number of benzene rings is 1. The molecule has 0 atom stereocenters. The molecule has 1 amide bonds. The number of carbonyl (C=O) groups is 1. The lowest BCUT2D eigenvalue weighted by Gasteiger charge is -2.27. The van der Waals surface area contributed by atoms with E-state index in [0.29, 0.717) is 5.92 Å². The fourth-order valence-corrected chi connectivity index (χ4v) is 2.11. The molecule has 1 saturated carbocycles. The molecule has 0 bridgehead atoms. The summed E-state index contributed by atoms with van der Waals surface area (Å²) in [4.78, 5) is 11.4. The first kappa shape index (κ1) is 13.8. The van der Waals surface area contributed by atoms with Crippen LogP contribution >= 0.6 is 0 Å². The molecule has 17 heavy (non-hydrogen) atoms. The summed E-state index contributed by atoms with van der Waals surface area (Å²) in [6.07, 6.45) is 4.63. The smallest absolute Gasteiger partial charge is 0.248 e. The van der Waals surface area contributed by atoms with E-state index in [1.165, 1.54) is 24.8 Å². The first-order valence-electron chi connectivity index (χ1n) is 6.65. The van der Waals surface area contributed by atoms with Gasteiger partial charge in [-0.15, -0.1) is 0 Å². The summed E-state index contributed by atoms with van der Waals surface area (Å²) in [5.41, 5.74) is 8.50. The first-order valence-corrected chi connectivity index (χ1v) is 6.65. The summed E-state index contributed by atoms with van der Waals surface area (Å²) in [5, 5.41) is 0. The maximum Gasteiger partial charge on any atom is 0.248 e.